The average Bonchev–Trinajstić information content (AvgIpc) is 3.56. The molecular weight excluding hydrogens is 428 g/mol. The monoisotopic (exact) mass is 456 g/mol. The SMILES string of the molecule is COc1ccccc1C(=O)N1CC(CN2C(=O)c3c(c(C)nn3-c3ccccc3)C2C2CC2)C1. The van der Waals surface area contributed by atoms with Crippen molar-refractivity contribution in [2.24, 2.45) is 11.8 Å². The molecule has 0 bridgehead atoms. The Hall–Kier alpha value is -3.61. The number of carbonyl (C=O) groups excluding carboxylic acids is 2. The van der Waals surface area contributed by atoms with Crippen molar-refractivity contribution in [3.63, 3.8) is 0 Å². The van der Waals surface area contributed by atoms with Crippen LogP contribution in [0.5, 0.6) is 5.75 Å². The van der Waals surface area contributed by atoms with Crippen molar-refractivity contribution < 1.29 is 14.3 Å². The third kappa shape index (κ3) is 3.30. The molecule has 1 aromatic heterocycles. The molecule has 0 N–H and O–H groups in total. The molecule has 3 heterocycles. The Morgan fingerprint density at radius 1 is 1.06 bits per heavy atom. The fourth-order valence-corrected chi connectivity index (χ4v) is 5.49. The van der Waals surface area contributed by atoms with E-state index in [1.54, 1.807) is 13.2 Å². The van der Waals surface area contributed by atoms with E-state index in [0.29, 0.717) is 42.6 Å². The molecule has 1 unspecified atom stereocenters. The summed E-state index contributed by atoms with van der Waals surface area (Å²) in [6.07, 6.45) is 2.29. The number of aryl methyl sites for hydroxylation is 1. The van der Waals surface area contributed by atoms with E-state index in [4.69, 9.17) is 9.84 Å². The standard InChI is InChI=1S/C27H28N4O3/c1-17-23-24(19-12-13-19)30(27(33)25(23)31(28-17)20-8-4-3-5-9-20)16-18-14-29(15-18)26(32)21-10-6-7-11-22(21)34-2/h3-11,18-19,24H,12-16H2,1-2H3. The van der Waals surface area contributed by atoms with Crippen molar-refractivity contribution in [1.29, 1.82) is 0 Å². The topological polar surface area (TPSA) is 67.7 Å². The number of benzene rings is 2. The second-order valence-corrected chi connectivity index (χ2v) is 9.61. The zero-order chi connectivity index (χ0) is 23.4. The number of aromatic nitrogens is 2. The summed E-state index contributed by atoms with van der Waals surface area (Å²) in [6.45, 7) is 3.98. The second kappa shape index (κ2) is 8.01. The third-order valence-corrected chi connectivity index (χ3v) is 7.31. The van der Waals surface area contributed by atoms with E-state index in [9.17, 15) is 9.59 Å². The number of fused-ring (bicyclic) bond motifs is 1. The highest BCUT2D eigenvalue weighted by atomic mass is 16.5. The Morgan fingerprint density at radius 2 is 1.76 bits per heavy atom. The van der Waals surface area contributed by atoms with Crippen molar-refractivity contribution in [3.05, 3.63) is 77.1 Å². The van der Waals surface area contributed by atoms with Crippen LogP contribution in [0.3, 0.4) is 0 Å². The minimum absolute atomic E-state index is 0.0148. The fraction of sp³-hybridized carbons (Fsp3) is 0.370. The van der Waals surface area contributed by atoms with E-state index in [0.717, 1.165) is 29.8 Å². The summed E-state index contributed by atoms with van der Waals surface area (Å²) in [5, 5.41) is 4.75. The quantitative estimate of drug-likeness (QED) is 0.565. The fourth-order valence-electron chi connectivity index (χ4n) is 5.49. The third-order valence-electron chi connectivity index (χ3n) is 7.31. The van der Waals surface area contributed by atoms with E-state index in [1.165, 1.54) is 0 Å². The van der Waals surface area contributed by atoms with Gasteiger partial charge in [0, 0.05) is 31.1 Å². The maximum absolute atomic E-state index is 13.7. The minimum atomic E-state index is -0.0148. The Kier molecular flexibility index (Phi) is 4.94. The van der Waals surface area contributed by atoms with Crippen LogP contribution in [-0.2, 0) is 0 Å². The van der Waals surface area contributed by atoms with Crippen molar-refractivity contribution in [3.8, 4) is 11.4 Å². The van der Waals surface area contributed by atoms with Crippen LogP contribution in [0.2, 0.25) is 0 Å². The van der Waals surface area contributed by atoms with Crippen LogP contribution < -0.4 is 4.74 Å². The molecule has 0 spiro atoms. The molecule has 7 heteroatoms. The Morgan fingerprint density at radius 3 is 2.47 bits per heavy atom. The van der Waals surface area contributed by atoms with Crippen LogP contribution in [0, 0.1) is 18.8 Å². The van der Waals surface area contributed by atoms with Crippen molar-refractivity contribution in [2.75, 3.05) is 26.7 Å². The van der Waals surface area contributed by atoms with E-state index < -0.39 is 0 Å². The number of carbonyl (C=O) groups is 2. The molecule has 7 nitrogen and oxygen atoms in total. The number of hydrogen-bond donors (Lipinski definition) is 0. The lowest BCUT2D eigenvalue weighted by Gasteiger charge is -2.42. The lowest BCUT2D eigenvalue weighted by Crippen LogP contribution is -2.54. The normalized spacial score (nSPS) is 19.8. The largest absolute Gasteiger partial charge is 0.496 e. The maximum Gasteiger partial charge on any atom is 0.273 e. The van der Waals surface area contributed by atoms with Gasteiger partial charge in [-0.05, 0) is 49.9 Å². The van der Waals surface area contributed by atoms with Gasteiger partial charge in [-0.15, -0.1) is 0 Å². The predicted octanol–water partition coefficient (Wildman–Crippen LogP) is 3.87. The first-order valence-electron chi connectivity index (χ1n) is 11.9. The molecule has 0 radical (unpaired) electrons. The maximum atomic E-state index is 13.7. The zero-order valence-electron chi connectivity index (χ0n) is 19.5. The van der Waals surface area contributed by atoms with Crippen LogP contribution >= 0.6 is 0 Å². The molecular formula is C27H28N4O3. The zero-order valence-corrected chi connectivity index (χ0v) is 19.5. The van der Waals surface area contributed by atoms with Crippen LogP contribution in [0.15, 0.2) is 54.6 Å². The number of nitrogens with zero attached hydrogens (tertiary/aromatic N) is 4. The van der Waals surface area contributed by atoms with Crippen LogP contribution in [0.1, 0.15) is 51.0 Å². The van der Waals surface area contributed by atoms with Gasteiger partial charge in [-0.2, -0.15) is 5.10 Å². The molecule has 2 fully saturated rings. The number of likely N-dealkylation sites (tertiary alicyclic amines) is 1. The molecule has 6 rings (SSSR count). The Balaban J connectivity index is 1.21. The highest BCUT2D eigenvalue weighted by Crippen LogP contribution is 2.51. The first-order chi connectivity index (χ1) is 16.6. The predicted molar refractivity (Wildman–Crippen MR) is 127 cm³/mol. The molecule has 2 aromatic carbocycles. The Labute approximate surface area is 198 Å². The van der Waals surface area contributed by atoms with Gasteiger partial charge in [0.05, 0.1) is 30.1 Å². The van der Waals surface area contributed by atoms with E-state index >= 15 is 0 Å². The van der Waals surface area contributed by atoms with Gasteiger partial charge >= 0.3 is 0 Å². The first kappa shape index (κ1) is 21.0. The lowest BCUT2D eigenvalue weighted by molar-refractivity contribution is 0.0335. The van der Waals surface area contributed by atoms with Gasteiger partial charge in [0.25, 0.3) is 11.8 Å². The molecule has 174 valence electrons. The van der Waals surface area contributed by atoms with Gasteiger partial charge in [-0.3, -0.25) is 9.59 Å². The highest BCUT2D eigenvalue weighted by molar-refractivity contribution is 5.99. The van der Waals surface area contributed by atoms with E-state index in [-0.39, 0.29) is 23.8 Å². The number of amides is 2. The molecule has 34 heavy (non-hydrogen) atoms. The number of hydrogen-bond acceptors (Lipinski definition) is 4. The Bertz CT molecular complexity index is 1260. The van der Waals surface area contributed by atoms with Crippen LogP contribution in [0.4, 0.5) is 0 Å². The number of para-hydroxylation sites is 2. The summed E-state index contributed by atoms with van der Waals surface area (Å²) in [6, 6.07) is 17.3. The summed E-state index contributed by atoms with van der Waals surface area (Å²) in [5.74, 6) is 1.41. The molecule has 2 aliphatic heterocycles. The molecule has 1 aliphatic carbocycles. The average molecular weight is 457 g/mol. The van der Waals surface area contributed by atoms with Gasteiger partial charge in [-0.1, -0.05) is 30.3 Å². The number of ether oxygens (including phenoxy) is 1. The first-order valence-corrected chi connectivity index (χ1v) is 11.9. The lowest BCUT2D eigenvalue weighted by atomic mass is 9.96. The highest BCUT2D eigenvalue weighted by Gasteiger charge is 2.50. The summed E-state index contributed by atoms with van der Waals surface area (Å²) in [4.78, 5) is 30.6. The molecule has 1 saturated heterocycles. The van der Waals surface area contributed by atoms with Crippen molar-refractivity contribution >= 4 is 11.8 Å². The summed E-state index contributed by atoms with van der Waals surface area (Å²) >= 11 is 0. The van der Waals surface area contributed by atoms with E-state index in [2.05, 4.69) is 4.90 Å². The summed E-state index contributed by atoms with van der Waals surface area (Å²) in [5.41, 5.74) is 4.24. The van der Waals surface area contributed by atoms with Crippen molar-refractivity contribution in [2.45, 2.75) is 25.8 Å². The van der Waals surface area contributed by atoms with Crippen LogP contribution in [-0.4, -0.2) is 58.1 Å². The van der Waals surface area contributed by atoms with Gasteiger partial charge < -0.3 is 14.5 Å². The van der Waals surface area contributed by atoms with Gasteiger partial charge in [0.2, 0.25) is 0 Å². The van der Waals surface area contributed by atoms with Gasteiger partial charge in [0.1, 0.15) is 11.4 Å². The van der Waals surface area contributed by atoms with E-state index in [1.807, 2.05) is 65.0 Å². The molecule has 1 saturated carbocycles. The second-order valence-electron chi connectivity index (χ2n) is 9.61. The summed E-state index contributed by atoms with van der Waals surface area (Å²) in [7, 11) is 1.58. The minimum Gasteiger partial charge on any atom is -0.496 e. The summed E-state index contributed by atoms with van der Waals surface area (Å²) < 4.78 is 7.18. The van der Waals surface area contributed by atoms with Gasteiger partial charge in [0.15, 0.2) is 0 Å². The molecule has 3 aliphatic rings. The number of rotatable bonds is 6. The molecule has 2 amide bonds. The van der Waals surface area contributed by atoms with Gasteiger partial charge in [-0.25, -0.2) is 4.68 Å². The van der Waals surface area contributed by atoms with Crippen LogP contribution in [0.25, 0.3) is 5.69 Å². The number of methoxy groups -OCH3 is 1. The molecule has 3 aromatic rings. The van der Waals surface area contributed by atoms with Crippen molar-refractivity contribution in [1.82, 2.24) is 19.6 Å². The smallest absolute Gasteiger partial charge is 0.273 e. The molecule has 1 atom stereocenters.